The lowest BCUT2D eigenvalue weighted by Gasteiger charge is -2.28. The van der Waals surface area contributed by atoms with Crippen LogP contribution in [-0.2, 0) is 25.4 Å². The minimum atomic E-state index is -2.18. The van der Waals surface area contributed by atoms with Gasteiger partial charge in [0, 0.05) is 19.5 Å². The molecule has 4 heterocycles. The summed E-state index contributed by atoms with van der Waals surface area (Å²) in [5.74, 6) is 1.52. The number of morpholine rings is 1. The maximum absolute atomic E-state index is 11.8. The molecule has 3 N–H and O–H groups in total. The number of ether oxygens (including phenoxy) is 3. The number of aliphatic hydroxyl groups is 2. The first-order valence-electron chi connectivity index (χ1n) is 12.0. The summed E-state index contributed by atoms with van der Waals surface area (Å²) in [6.07, 6.45) is 1.79. The smallest absolute Gasteiger partial charge is 0.333 e. The van der Waals surface area contributed by atoms with Crippen molar-refractivity contribution in [3.05, 3.63) is 47.5 Å². The van der Waals surface area contributed by atoms with Crippen LogP contribution in [0.3, 0.4) is 0 Å². The van der Waals surface area contributed by atoms with Crippen LogP contribution in [0.15, 0.2) is 36.7 Å². The molecule has 2 saturated heterocycles. The number of nitrogens with zero attached hydrogens (tertiary/aromatic N) is 5. The first kappa shape index (κ1) is 26.3. The van der Waals surface area contributed by atoms with Crippen LogP contribution in [-0.4, -0.2) is 97.6 Å². The number of benzene rings is 1. The van der Waals surface area contributed by atoms with Gasteiger partial charge in [-0.3, -0.25) is 4.57 Å². The Hall–Kier alpha value is -3.31. The quantitative estimate of drug-likeness (QED) is 0.271. The van der Waals surface area contributed by atoms with Gasteiger partial charge in [0.15, 0.2) is 34.9 Å². The van der Waals surface area contributed by atoms with Crippen molar-refractivity contribution in [2.24, 2.45) is 0 Å². The van der Waals surface area contributed by atoms with E-state index < -0.39 is 36.1 Å². The molecule has 0 bridgehead atoms. The monoisotopic (exact) mass is 543 g/mol. The van der Waals surface area contributed by atoms with Crippen molar-refractivity contribution in [2.45, 2.75) is 36.6 Å². The van der Waals surface area contributed by atoms with Gasteiger partial charge < -0.3 is 34.4 Å². The van der Waals surface area contributed by atoms with Crippen molar-refractivity contribution < 1.29 is 34.3 Å². The Bertz CT molecular complexity index is 1340. The highest BCUT2D eigenvalue weighted by Gasteiger charge is 2.56. The van der Waals surface area contributed by atoms with Crippen molar-refractivity contribution in [2.75, 3.05) is 37.8 Å². The number of carboxylic acids is 1. The summed E-state index contributed by atoms with van der Waals surface area (Å²) in [6, 6.07) is 8.98. The first-order valence-corrected chi connectivity index (χ1v) is 12.3. The lowest BCUT2D eigenvalue weighted by molar-refractivity contribution is -0.156. The van der Waals surface area contributed by atoms with Gasteiger partial charge in [0.2, 0.25) is 5.28 Å². The van der Waals surface area contributed by atoms with Crippen LogP contribution in [0.2, 0.25) is 5.28 Å². The van der Waals surface area contributed by atoms with Crippen LogP contribution in [0, 0.1) is 12.3 Å². The fraction of sp³-hybridized carbons (Fsp3) is 0.440. The number of carbonyl (C=O) groups is 1. The number of aliphatic carboxylic acids is 1. The Labute approximate surface area is 222 Å². The zero-order valence-electron chi connectivity index (χ0n) is 20.2. The molecule has 5 atom stereocenters. The molecule has 0 radical (unpaired) electrons. The first-order chi connectivity index (χ1) is 18.3. The highest BCUT2D eigenvalue weighted by molar-refractivity contribution is 6.28. The normalized spacial score (nSPS) is 26.4. The summed E-state index contributed by atoms with van der Waals surface area (Å²) in [7, 11) is 0. The van der Waals surface area contributed by atoms with E-state index in [4.69, 9.17) is 32.2 Å². The third-order valence-corrected chi connectivity index (χ3v) is 6.86. The number of terminal acetylenes is 1. The molecule has 0 spiro atoms. The second-order valence-corrected chi connectivity index (χ2v) is 9.36. The van der Waals surface area contributed by atoms with E-state index in [0.29, 0.717) is 37.6 Å². The van der Waals surface area contributed by atoms with E-state index >= 15 is 0 Å². The number of anilines is 1. The maximum atomic E-state index is 11.8. The molecule has 2 aromatic heterocycles. The van der Waals surface area contributed by atoms with Gasteiger partial charge in [0.1, 0.15) is 12.2 Å². The van der Waals surface area contributed by atoms with E-state index in [1.165, 1.54) is 10.9 Å². The molecule has 13 heteroatoms. The largest absolute Gasteiger partial charge is 0.479 e. The molecule has 5 rings (SSSR count). The van der Waals surface area contributed by atoms with E-state index in [0.717, 1.165) is 5.56 Å². The highest BCUT2D eigenvalue weighted by Crippen LogP contribution is 2.39. The zero-order chi connectivity index (χ0) is 26.9. The van der Waals surface area contributed by atoms with Crippen LogP contribution in [0.4, 0.5) is 5.82 Å². The Morgan fingerprint density at radius 3 is 2.71 bits per heavy atom. The predicted molar refractivity (Wildman–Crippen MR) is 135 cm³/mol. The number of halogens is 1. The lowest BCUT2D eigenvalue weighted by Crippen LogP contribution is -2.48. The van der Waals surface area contributed by atoms with Crippen LogP contribution in [0.25, 0.3) is 11.2 Å². The minimum Gasteiger partial charge on any atom is -0.479 e. The van der Waals surface area contributed by atoms with E-state index in [9.17, 15) is 20.1 Å². The van der Waals surface area contributed by atoms with Gasteiger partial charge in [0.05, 0.1) is 26.1 Å². The third-order valence-electron chi connectivity index (χ3n) is 6.70. The third kappa shape index (κ3) is 4.92. The summed E-state index contributed by atoms with van der Waals surface area (Å²) < 4.78 is 18.4. The van der Waals surface area contributed by atoms with Gasteiger partial charge in [-0.1, -0.05) is 36.3 Å². The average molecular weight is 544 g/mol. The molecule has 1 aromatic carbocycles. The fourth-order valence-corrected chi connectivity index (χ4v) is 4.78. The molecule has 3 aromatic rings. The van der Waals surface area contributed by atoms with Crippen molar-refractivity contribution in [1.82, 2.24) is 19.5 Å². The lowest BCUT2D eigenvalue weighted by atomic mass is 9.93. The van der Waals surface area contributed by atoms with E-state index in [1.54, 1.807) is 24.3 Å². The van der Waals surface area contributed by atoms with Crippen LogP contribution in [0.1, 0.15) is 11.8 Å². The van der Waals surface area contributed by atoms with Gasteiger partial charge in [-0.25, -0.2) is 9.78 Å². The molecule has 2 aliphatic heterocycles. The Morgan fingerprint density at radius 1 is 1.29 bits per heavy atom. The van der Waals surface area contributed by atoms with Crippen molar-refractivity contribution in [1.29, 1.82) is 0 Å². The summed E-state index contributed by atoms with van der Waals surface area (Å²) in [5.41, 5.74) is -0.732. The number of carboxylic acid groups (broad SMARTS) is 1. The van der Waals surface area contributed by atoms with E-state index in [-0.39, 0.29) is 24.0 Å². The number of hydrogen-bond donors (Lipinski definition) is 3. The standard InChI is InChI=1S/C25H26ClN5O7/c1-2-25(35)17(13-37-16(23(33)34)12-15-6-4-3-5-7-15)38-22(19(25)32)31-14-27-18-20(28-24(26)29-21(18)31)30-8-10-36-11-9-30/h1,3-7,14,16-17,19,22,32,35H,8-13H2,(H,33,34)/t16?,17-,19+,22-,25-/m1/s1. The van der Waals surface area contributed by atoms with Gasteiger partial charge in [0.25, 0.3) is 0 Å². The maximum Gasteiger partial charge on any atom is 0.333 e. The molecule has 2 aliphatic rings. The SMILES string of the molecule is C#C[C@@]1(O)[C@@H](COC(Cc2ccccc2)C(=O)O)O[C@@H](n2cnc3c(N4CCOCC4)nc(Cl)nc32)[C@@H]1O. The van der Waals surface area contributed by atoms with Crippen molar-refractivity contribution >= 4 is 34.6 Å². The number of aliphatic hydroxyl groups excluding tert-OH is 1. The Balaban J connectivity index is 1.40. The van der Waals surface area contributed by atoms with E-state index in [2.05, 4.69) is 20.9 Å². The zero-order valence-corrected chi connectivity index (χ0v) is 20.9. The fourth-order valence-electron chi connectivity index (χ4n) is 4.62. The second kappa shape index (κ2) is 10.8. The molecular weight excluding hydrogens is 518 g/mol. The number of imidazole rings is 1. The summed E-state index contributed by atoms with van der Waals surface area (Å²) in [6.45, 7) is 1.82. The second-order valence-electron chi connectivity index (χ2n) is 9.02. The highest BCUT2D eigenvalue weighted by atomic mass is 35.5. The van der Waals surface area contributed by atoms with Crippen LogP contribution >= 0.6 is 11.6 Å². The topological polar surface area (TPSA) is 152 Å². The van der Waals surface area contributed by atoms with Gasteiger partial charge >= 0.3 is 5.97 Å². The summed E-state index contributed by atoms with van der Waals surface area (Å²) in [4.78, 5) is 26.8. The van der Waals surface area contributed by atoms with E-state index in [1.807, 2.05) is 11.0 Å². The molecule has 1 unspecified atom stereocenters. The average Bonchev–Trinajstić information content (AvgIpc) is 3.45. The number of hydrogen-bond acceptors (Lipinski definition) is 10. The molecule has 0 saturated carbocycles. The molecule has 0 amide bonds. The van der Waals surface area contributed by atoms with Crippen LogP contribution in [0.5, 0.6) is 0 Å². The van der Waals surface area contributed by atoms with Gasteiger partial charge in [-0.2, -0.15) is 9.97 Å². The van der Waals surface area contributed by atoms with Gasteiger partial charge in [-0.15, -0.1) is 6.42 Å². The van der Waals surface area contributed by atoms with Crippen LogP contribution < -0.4 is 4.90 Å². The van der Waals surface area contributed by atoms with Crippen molar-refractivity contribution in [3.63, 3.8) is 0 Å². The Morgan fingerprint density at radius 2 is 2.03 bits per heavy atom. The molecule has 200 valence electrons. The molecular formula is C25H26ClN5O7. The molecule has 0 aliphatic carbocycles. The van der Waals surface area contributed by atoms with Crippen molar-refractivity contribution in [3.8, 4) is 12.3 Å². The Kier molecular flexibility index (Phi) is 7.49. The number of rotatable bonds is 8. The molecule has 38 heavy (non-hydrogen) atoms. The summed E-state index contributed by atoms with van der Waals surface area (Å²) >= 11 is 6.23. The summed E-state index contributed by atoms with van der Waals surface area (Å²) in [5, 5.41) is 31.9. The molecule has 12 nitrogen and oxygen atoms in total. The van der Waals surface area contributed by atoms with Gasteiger partial charge in [-0.05, 0) is 17.2 Å². The minimum absolute atomic E-state index is 0.0365. The number of aromatic nitrogens is 4. The molecule has 2 fully saturated rings. The predicted octanol–water partition coefficient (Wildman–Crippen LogP) is 0.651. The number of fused-ring (bicyclic) bond motifs is 1.